The second-order valence-electron chi connectivity index (χ2n) is 6.74. The molecule has 1 aromatic carbocycles. The molecule has 0 atom stereocenters. The third kappa shape index (κ3) is 6.34. The van der Waals surface area contributed by atoms with E-state index < -0.39 is 0 Å². The van der Waals surface area contributed by atoms with Crippen molar-refractivity contribution in [3.63, 3.8) is 0 Å². The highest BCUT2D eigenvalue weighted by molar-refractivity contribution is 7.80. The summed E-state index contributed by atoms with van der Waals surface area (Å²) in [7, 11) is 0. The Balaban J connectivity index is 1.41. The summed E-state index contributed by atoms with van der Waals surface area (Å²) in [5.74, 6) is 1.56. The minimum atomic E-state index is 0.542. The van der Waals surface area contributed by atoms with Crippen molar-refractivity contribution in [3.8, 4) is 11.5 Å². The van der Waals surface area contributed by atoms with Gasteiger partial charge in [0.15, 0.2) is 16.6 Å². The molecule has 0 radical (unpaired) electrons. The fraction of sp³-hybridized carbons (Fsp3) is 0.579. The standard InChI is InChI=1S/C19H28N4O3S/c1-15(16-4-5-17-18(14-16)26-11-3-10-25-17)21-22-19(27)20-6-2-7-23-8-12-24-13-9-23/h4-5,14H,2-3,6-13H2,1H3,(H2,20,22,27)/p+1/b21-15-. The predicted octanol–water partition coefficient (Wildman–Crippen LogP) is 0.341. The normalized spacial score (nSPS) is 17.9. The molecule has 8 heteroatoms. The van der Waals surface area contributed by atoms with E-state index in [2.05, 4.69) is 15.8 Å². The van der Waals surface area contributed by atoms with E-state index in [-0.39, 0.29) is 0 Å². The molecule has 0 bridgehead atoms. The molecule has 148 valence electrons. The molecule has 0 aliphatic carbocycles. The maximum absolute atomic E-state index is 5.73. The van der Waals surface area contributed by atoms with Crippen molar-refractivity contribution in [1.82, 2.24) is 10.7 Å². The predicted molar refractivity (Wildman–Crippen MR) is 109 cm³/mol. The van der Waals surface area contributed by atoms with Gasteiger partial charge in [0.25, 0.3) is 0 Å². The molecule has 1 saturated heterocycles. The number of benzene rings is 1. The number of nitrogens with one attached hydrogen (secondary N) is 3. The average Bonchev–Trinajstić information content (AvgIpc) is 2.95. The van der Waals surface area contributed by atoms with Crippen LogP contribution in [0.1, 0.15) is 25.3 Å². The van der Waals surface area contributed by atoms with E-state index in [0.717, 1.165) is 75.0 Å². The molecule has 2 aliphatic heterocycles. The van der Waals surface area contributed by atoms with E-state index in [9.17, 15) is 0 Å². The Morgan fingerprint density at radius 2 is 1.93 bits per heavy atom. The van der Waals surface area contributed by atoms with Crippen molar-refractivity contribution in [1.29, 1.82) is 0 Å². The Bertz CT molecular complexity index is 662. The molecule has 2 heterocycles. The lowest BCUT2D eigenvalue weighted by atomic mass is 10.1. The van der Waals surface area contributed by atoms with Gasteiger partial charge in [-0.3, -0.25) is 5.43 Å². The molecule has 3 rings (SSSR count). The number of hydrazone groups is 1. The Morgan fingerprint density at radius 3 is 2.74 bits per heavy atom. The second kappa shape index (κ2) is 10.4. The van der Waals surface area contributed by atoms with Crippen molar-refractivity contribution in [2.45, 2.75) is 19.8 Å². The minimum absolute atomic E-state index is 0.542. The molecule has 27 heavy (non-hydrogen) atoms. The first-order valence-electron chi connectivity index (χ1n) is 9.62. The monoisotopic (exact) mass is 393 g/mol. The molecule has 1 fully saturated rings. The fourth-order valence-electron chi connectivity index (χ4n) is 3.08. The number of hydrogen-bond acceptors (Lipinski definition) is 5. The number of fused-ring (bicyclic) bond motifs is 1. The summed E-state index contributed by atoms with van der Waals surface area (Å²) in [6, 6.07) is 5.87. The van der Waals surface area contributed by atoms with Gasteiger partial charge in [0.05, 0.1) is 38.7 Å². The summed E-state index contributed by atoms with van der Waals surface area (Å²) in [4.78, 5) is 1.60. The quantitative estimate of drug-likeness (QED) is 0.280. The van der Waals surface area contributed by atoms with Crippen LogP contribution in [0.15, 0.2) is 23.3 Å². The molecule has 0 aromatic heterocycles. The molecule has 3 N–H and O–H groups in total. The van der Waals surface area contributed by atoms with Gasteiger partial charge < -0.3 is 24.4 Å². The minimum Gasteiger partial charge on any atom is -0.490 e. The van der Waals surface area contributed by atoms with E-state index in [1.54, 1.807) is 4.90 Å². The Hall–Kier alpha value is -1.90. The molecule has 7 nitrogen and oxygen atoms in total. The molecule has 0 amide bonds. The number of rotatable bonds is 6. The highest BCUT2D eigenvalue weighted by Crippen LogP contribution is 2.30. The molecule has 2 aliphatic rings. The molecular weight excluding hydrogens is 364 g/mol. The molecule has 0 spiro atoms. The van der Waals surface area contributed by atoms with E-state index in [0.29, 0.717) is 18.3 Å². The summed E-state index contributed by atoms with van der Waals surface area (Å²) in [5.41, 5.74) is 4.74. The van der Waals surface area contributed by atoms with E-state index in [1.807, 2.05) is 25.1 Å². The largest absolute Gasteiger partial charge is 0.490 e. The molecule has 1 aromatic rings. The van der Waals surface area contributed by atoms with Crippen LogP contribution in [-0.2, 0) is 4.74 Å². The molecule has 0 unspecified atom stereocenters. The fourth-order valence-corrected chi connectivity index (χ4v) is 3.23. The third-order valence-corrected chi connectivity index (χ3v) is 4.92. The van der Waals surface area contributed by atoms with Crippen molar-refractivity contribution >= 4 is 23.0 Å². The Morgan fingerprint density at radius 1 is 1.15 bits per heavy atom. The second-order valence-corrected chi connectivity index (χ2v) is 7.15. The summed E-state index contributed by atoms with van der Waals surface area (Å²) < 4.78 is 16.8. The maximum Gasteiger partial charge on any atom is 0.186 e. The third-order valence-electron chi connectivity index (χ3n) is 4.68. The number of quaternary nitrogens is 1. The zero-order valence-corrected chi connectivity index (χ0v) is 16.7. The van der Waals surface area contributed by atoms with Gasteiger partial charge in [-0.15, -0.1) is 0 Å². The van der Waals surface area contributed by atoms with Crippen LogP contribution in [0.2, 0.25) is 0 Å². The van der Waals surface area contributed by atoms with Gasteiger partial charge in [0.2, 0.25) is 0 Å². The highest BCUT2D eigenvalue weighted by atomic mass is 32.1. The zero-order valence-electron chi connectivity index (χ0n) is 15.9. The number of thiocarbonyl (C=S) groups is 1. The Kier molecular flexibility index (Phi) is 7.67. The topological polar surface area (TPSA) is 68.6 Å². The van der Waals surface area contributed by atoms with Crippen LogP contribution in [-0.4, -0.2) is 63.4 Å². The lowest BCUT2D eigenvalue weighted by Gasteiger charge is -2.23. The van der Waals surface area contributed by atoms with Crippen LogP contribution in [0.25, 0.3) is 0 Å². The first kappa shape index (κ1) is 19.9. The summed E-state index contributed by atoms with van der Waals surface area (Å²) in [6.45, 7) is 9.22. The lowest BCUT2D eigenvalue weighted by Crippen LogP contribution is -3.14. The van der Waals surface area contributed by atoms with Crippen molar-refractivity contribution in [3.05, 3.63) is 23.8 Å². The number of ether oxygens (including phenoxy) is 3. The van der Waals surface area contributed by atoms with Crippen molar-refractivity contribution < 1.29 is 19.1 Å². The maximum atomic E-state index is 5.73. The summed E-state index contributed by atoms with van der Waals surface area (Å²) >= 11 is 5.31. The van der Waals surface area contributed by atoms with Crippen LogP contribution >= 0.6 is 12.2 Å². The van der Waals surface area contributed by atoms with E-state index in [4.69, 9.17) is 26.4 Å². The van der Waals surface area contributed by atoms with Crippen molar-refractivity contribution in [2.75, 3.05) is 52.6 Å². The van der Waals surface area contributed by atoms with Crippen LogP contribution in [0.4, 0.5) is 0 Å². The van der Waals surface area contributed by atoms with Gasteiger partial charge in [-0.25, -0.2) is 0 Å². The number of morpholine rings is 1. The smallest absolute Gasteiger partial charge is 0.186 e. The van der Waals surface area contributed by atoms with Crippen LogP contribution in [0.3, 0.4) is 0 Å². The SMILES string of the molecule is C/C(=N/NC(=S)NCCC[NH+]1CCOCC1)c1ccc2c(c1)OCCCO2. The van der Waals surface area contributed by atoms with Crippen LogP contribution < -0.4 is 25.1 Å². The van der Waals surface area contributed by atoms with Gasteiger partial charge in [-0.2, -0.15) is 5.10 Å². The van der Waals surface area contributed by atoms with Gasteiger partial charge in [0.1, 0.15) is 13.1 Å². The summed E-state index contributed by atoms with van der Waals surface area (Å²) in [6.07, 6.45) is 1.97. The number of nitrogens with zero attached hydrogens (tertiary/aromatic N) is 1. The van der Waals surface area contributed by atoms with Crippen LogP contribution in [0.5, 0.6) is 11.5 Å². The van der Waals surface area contributed by atoms with E-state index >= 15 is 0 Å². The van der Waals surface area contributed by atoms with Gasteiger partial charge in [-0.1, -0.05) is 0 Å². The van der Waals surface area contributed by atoms with E-state index in [1.165, 1.54) is 0 Å². The molecule has 0 saturated carbocycles. The highest BCUT2D eigenvalue weighted by Gasteiger charge is 2.13. The number of hydrogen-bond donors (Lipinski definition) is 3. The first-order valence-corrected chi connectivity index (χ1v) is 10.0. The van der Waals surface area contributed by atoms with Gasteiger partial charge >= 0.3 is 0 Å². The zero-order chi connectivity index (χ0) is 18.9. The summed E-state index contributed by atoms with van der Waals surface area (Å²) in [5, 5.41) is 8.13. The first-order chi connectivity index (χ1) is 13.2. The van der Waals surface area contributed by atoms with Gasteiger partial charge in [0, 0.05) is 24.9 Å². The van der Waals surface area contributed by atoms with Crippen LogP contribution in [0, 0.1) is 0 Å². The molecular formula is C19H29N4O3S+. The van der Waals surface area contributed by atoms with Crippen molar-refractivity contribution in [2.24, 2.45) is 5.10 Å². The lowest BCUT2D eigenvalue weighted by molar-refractivity contribution is -0.908. The van der Waals surface area contributed by atoms with Gasteiger partial charge in [-0.05, 0) is 37.3 Å². The Labute approximate surface area is 166 Å². The average molecular weight is 394 g/mol.